The molecule has 0 N–H and O–H groups in total. The number of aromatic nitrogens is 3. The average Bonchev–Trinajstić information content (AvgIpc) is 3.09. The maximum atomic E-state index is 11.3. The van der Waals surface area contributed by atoms with Gasteiger partial charge in [-0.15, -0.1) is 10.2 Å². The molecule has 19 heavy (non-hydrogen) atoms. The third-order valence-electron chi connectivity index (χ3n) is 3.35. The highest BCUT2D eigenvalue weighted by Gasteiger charge is 2.29. The molecule has 0 bridgehead atoms. The van der Waals surface area contributed by atoms with Crippen LogP contribution in [0.1, 0.15) is 25.2 Å². The molecule has 6 heteroatoms. The number of rotatable bonds is 2. The van der Waals surface area contributed by atoms with Crippen molar-refractivity contribution in [2.24, 2.45) is 0 Å². The highest BCUT2D eigenvalue weighted by Crippen LogP contribution is 2.28. The van der Waals surface area contributed by atoms with Crippen molar-refractivity contribution in [2.75, 3.05) is 13.1 Å². The molecular formula is C13H14N4O2. The fourth-order valence-corrected chi connectivity index (χ4v) is 2.26. The maximum Gasteiger partial charge on any atom is 0.247 e. The molecule has 6 nitrogen and oxygen atoms in total. The lowest BCUT2D eigenvalue weighted by Gasteiger charge is -2.11. The fourth-order valence-electron chi connectivity index (χ4n) is 2.26. The van der Waals surface area contributed by atoms with Crippen LogP contribution in [0.5, 0.6) is 0 Å². The van der Waals surface area contributed by atoms with Crippen LogP contribution >= 0.6 is 0 Å². The van der Waals surface area contributed by atoms with Gasteiger partial charge in [0.2, 0.25) is 17.7 Å². The molecule has 1 amide bonds. The van der Waals surface area contributed by atoms with Gasteiger partial charge in [0, 0.05) is 38.0 Å². The van der Waals surface area contributed by atoms with Crippen molar-refractivity contribution in [3.8, 4) is 11.5 Å². The second-order valence-electron chi connectivity index (χ2n) is 4.63. The number of hydrogen-bond donors (Lipinski definition) is 0. The summed E-state index contributed by atoms with van der Waals surface area (Å²) >= 11 is 0. The van der Waals surface area contributed by atoms with Crippen LogP contribution < -0.4 is 0 Å². The van der Waals surface area contributed by atoms with Gasteiger partial charge in [0.15, 0.2) is 0 Å². The standard InChI is InChI=1S/C13H14N4O2/c1-9(18)17-7-4-11(8-17)13-16-15-12(19-13)10-2-5-14-6-3-10/h2-3,5-6,11H,4,7-8H2,1H3. The molecule has 2 aromatic heterocycles. The second-order valence-corrected chi connectivity index (χ2v) is 4.63. The quantitative estimate of drug-likeness (QED) is 0.815. The molecule has 2 aromatic rings. The van der Waals surface area contributed by atoms with E-state index in [1.807, 2.05) is 12.1 Å². The molecule has 1 fully saturated rings. The molecule has 3 rings (SSSR count). The first-order valence-electron chi connectivity index (χ1n) is 6.23. The Morgan fingerprint density at radius 1 is 1.37 bits per heavy atom. The highest BCUT2D eigenvalue weighted by molar-refractivity contribution is 5.73. The molecule has 0 saturated carbocycles. The Labute approximate surface area is 110 Å². The number of carbonyl (C=O) groups is 1. The summed E-state index contributed by atoms with van der Waals surface area (Å²) in [7, 11) is 0. The SMILES string of the molecule is CC(=O)N1CCC(c2nnc(-c3ccncc3)o2)C1. The van der Waals surface area contributed by atoms with Crippen molar-refractivity contribution in [3.63, 3.8) is 0 Å². The summed E-state index contributed by atoms with van der Waals surface area (Å²) in [5.41, 5.74) is 0.857. The summed E-state index contributed by atoms with van der Waals surface area (Å²) < 4.78 is 5.69. The smallest absolute Gasteiger partial charge is 0.247 e. The third-order valence-corrected chi connectivity index (χ3v) is 3.35. The van der Waals surface area contributed by atoms with Crippen LogP contribution in [0.4, 0.5) is 0 Å². The number of pyridine rings is 1. The highest BCUT2D eigenvalue weighted by atomic mass is 16.4. The Balaban J connectivity index is 1.78. The predicted octanol–water partition coefficient (Wildman–Crippen LogP) is 1.47. The minimum absolute atomic E-state index is 0.0939. The molecular weight excluding hydrogens is 244 g/mol. The summed E-state index contributed by atoms with van der Waals surface area (Å²) in [6.45, 7) is 3.00. The van der Waals surface area contributed by atoms with Crippen molar-refractivity contribution < 1.29 is 9.21 Å². The largest absolute Gasteiger partial charge is 0.420 e. The van der Waals surface area contributed by atoms with Crippen LogP contribution in [0.15, 0.2) is 28.9 Å². The summed E-state index contributed by atoms with van der Waals surface area (Å²) in [4.78, 5) is 17.1. The summed E-state index contributed by atoms with van der Waals surface area (Å²) in [6, 6.07) is 3.65. The van der Waals surface area contributed by atoms with Gasteiger partial charge >= 0.3 is 0 Å². The lowest BCUT2D eigenvalue weighted by Crippen LogP contribution is -2.25. The lowest BCUT2D eigenvalue weighted by molar-refractivity contribution is -0.127. The summed E-state index contributed by atoms with van der Waals surface area (Å²) in [6.07, 6.45) is 4.25. The normalized spacial score (nSPS) is 18.8. The van der Waals surface area contributed by atoms with Gasteiger partial charge < -0.3 is 9.32 Å². The zero-order chi connectivity index (χ0) is 13.2. The van der Waals surface area contributed by atoms with Crippen LogP contribution in [-0.2, 0) is 4.79 Å². The Morgan fingerprint density at radius 2 is 2.16 bits per heavy atom. The minimum Gasteiger partial charge on any atom is -0.420 e. The molecule has 1 saturated heterocycles. The van der Waals surface area contributed by atoms with Crippen LogP contribution in [0.2, 0.25) is 0 Å². The van der Waals surface area contributed by atoms with E-state index in [0.717, 1.165) is 18.5 Å². The Morgan fingerprint density at radius 3 is 2.84 bits per heavy atom. The zero-order valence-electron chi connectivity index (χ0n) is 10.6. The van der Waals surface area contributed by atoms with Gasteiger partial charge in [-0.25, -0.2) is 0 Å². The molecule has 1 atom stereocenters. The van der Waals surface area contributed by atoms with Crippen LogP contribution in [0.3, 0.4) is 0 Å². The van der Waals surface area contributed by atoms with Crippen molar-refractivity contribution in [1.82, 2.24) is 20.1 Å². The molecule has 0 aromatic carbocycles. The second kappa shape index (κ2) is 4.79. The number of nitrogens with zero attached hydrogens (tertiary/aromatic N) is 4. The summed E-state index contributed by atoms with van der Waals surface area (Å²) in [5, 5.41) is 8.15. The van der Waals surface area contributed by atoms with E-state index in [4.69, 9.17) is 4.42 Å². The first-order chi connectivity index (χ1) is 9.24. The predicted molar refractivity (Wildman–Crippen MR) is 67.1 cm³/mol. The topological polar surface area (TPSA) is 72.1 Å². The molecule has 1 aliphatic rings. The van der Waals surface area contributed by atoms with Crippen LogP contribution in [0.25, 0.3) is 11.5 Å². The number of hydrogen-bond acceptors (Lipinski definition) is 5. The van der Waals surface area contributed by atoms with Gasteiger partial charge in [-0.3, -0.25) is 9.78 Å². The van der Waals surface area contributed by atoms with Gasteiger partial charge in [-0.2, -0.15) is 0 Å². The average molecular weight is 258 g/mol. The van der Waals surface area contributed by atoms with Crippen LogP contribution in [-0.4, -0.2) is 39.1 Å². The lowest BCUT2D eigenvalue weighted by atomic mass is 10.1. The van der Waals surface area contributed by atoms with Gasteiger partial charge in [-0.05, 0) is 18.6 Å². The number of carbonyl (C=O) groups excluding carboxylic acids is 1. The van der Waals surface area contributed by atoms with E-state index < -0.39 is 0 Å². The summed E-state index contributed by atoms with van der Waals surface area (Å²) in [5.74, 6) is 1.34. The van der Waals surface area contributed by atoms with E-state index in [2.05, 4.69) is 15.2 Å². The van der Waals surface area contributed by atoms with Crippen LogP contribution in [0, 0.1) is 0 Å². The van der Waals surface area contributed by atoms with E-state index in [0.29, 0.717) is 18.3 Å². The van der Waals surface area contributed by atoms with Crippen molar-refractivity contribution in [2.45, 2.75) is 19.3 Å². The minimum atomic E-state index is 0.0939. The van der Waals surface area contributed by atoms with E-state index >= 15 is 0 Å². The molecule has 1 aliphatic heterocycles. The fraction of sp³-hybridized carbons (Fsp3) is 0.385. The Bertz CT molecular complexity index is 581. The number of likely N-dealkylation sites (tertiary alicyclic amines) is 1. The van der Waals surface area contributed by atoms with E-state index in [-0.39, 0.29) is 11.8 Å². The van der Waals surface area contributed by atoms with Gasteiger partial charge in [0.05, 0.1) is 5.92 Å². The first-order valence-corrected chi connectivity index (χ1v) is 6.23. The molecule has 0 radical (unpaired) electrons. The van der Waals surface area contributed by atoms with E-state index in [9.17, 15) is 4.79 Å². The number of amides is 1. The van der Waals surface area contributed by atoms with Crippen molar-refractivity contribution >= 4 is 5.91 Å². The molecule has 0 spiro atoms. The van der Waals surface area contributed by atoms with Crippen molar-refractivity contribution in [3.05, 3.63) is 30.4 Å². The Hall–Kier alpha value is -2.24. The van der Waals surface area contributed by atoms with E-state index in [1.165, 1.54) is 0 Å². The third kappa shape index (κ3) is 2.33. The molecule has 98 valence electrons. The first kappa shape index (κ1) is 11.8. The van der Waals surface area contributed by atoms with Gasteiger partial charge in [-0.1, -0.05) is 0 Å². The van der Waals surface area contributed by atoms with Gasteiger partial charge in [0.1, 0.15) is 0 Å². The molecule has 1 unspecified atom stereocenters. The van der Waals surface area contributed by atoms with E-state index in [1.54, 1.807) is 24.2 Å². The van der Waals surface area contributed by atoms with Gasteiger partial charge in [0.25, 0.3) is 0 Å². The molecule has 3 heterocycles. The maximum absolute atomic E-state index is 11.3. The Kier molecular flexibility index (Phi) is 2.98. The van der Waals surface area contributed by atoms with Crippen molar-refractivity contribution in [1.29, 1.82) is 0 Å². The monoisotopic (exact) mass is 258 g/mol. The zero-order valence-corrected chi connectivity index (χ0v) is 10.6. The molecule has 0 aliphatic carbocycles.